The molecule has 1 fully saturated rings. The SMILES string of the molecule is CNC1CCN(c2ccc3c(c2)NC(=O)CO3)CC1.Cc1ccc2c3c(ccc2n1)OCCO3. The van der Waals surface area contributed by atoms with Crippen molar-refractivity contribution < 1.29 is 19.0 Å². The lowest BCUT2D eigenvalue weighted by Crippen LogP contribution is -2.41. The first-order valence-electron chi connectivity index (χ1n) is 11.8. The van der Waals surface area contributed by atoms with Crippen LogP contribution in [0.2, 0.25) is 0 Å². The van der Waals surface area contributed by atoms with E-state index in [-0.39, 0.29) is 12.5 Å². The number of aromatic nitrogens is 1. The minimum Gasteiger partial charge on any atom is -0.486 e. The van der Waals surface area contributed by atoms with Crippen molar-refractivity contribution >= 4 is 28.2 Å². The second-order valence-corrected chi connectivity index (χ2v) is 8.68. The molecule has 3 aliphatic heterocycles. The van der Waals surface area contributed by atoms with Crippen LogP contribution in [0.15, 0.2) is 42.5 Å². The van der Waals surface area contributed by atoms with Crippen molar-refractivity contribution in [3.63, 3.8) is 0 Å². The molecule has 1 saturated heterocycles. The number of anilines is 2. The molecule has 1 aromatic heterocycles. The molecule has 6 rings (SSSR count). The standard InChI is InChI=1S/C14H19N3O2.C12H11NO2/c1-15-10-4-6-17(7-5-10)11-2-3-13-12(8-11)16-14(18)9-19-13;1-8-2-3-9-10(13-8)4-5-11-12(9)15-7-6-14-11/h2-3,8,10,15H,4-7,9H2,1H3,(H,16,18);2-5H,6-7H2,1H3. The first kappa shape index (κ1) is 22.3. The molecule has 8 nitrogen and oxygen atoms in total. The minimum atomic E-state index is -0.0847. The average molecular weight is 463 g/mol. The van der Waals surface area contributed by atoms with Crippen LogP contribution >= 0.6 is 0 Å². The lowest BCUT2D eigenvalue weighted by Gasteiger charge is -2.34. The Hall–Kier alpha value is -3.52. The lowest BCUT2D eigenvalue weighted by atomic mass is 10.0. The molecule has 0 atom stereocenters. The molecule has 34 heavy (non-hydrogen) atoms. The molecule has 0 saturated carbocycles. The molecular formula is C26H30N4O4. The number of benzene rings is 2. The van der Waals surface area contributed by atoms with Crippen LogP contribution in [0.4, 0.5) is 11.4 Å². The van der Waals surface area contributed by atoms with Gasteiger partial charge in [-0.1, -0.05) is 0 Å². The van der Waals surface area contributed by atoms with E-state index < -0.39 is 0 Å². The van der Waals surface area contributed by atoms with Gasteiger partial charge in [0, 0.05) is 35.9 Å². The zero-order valence-electron chi connectivity index (χ0n) is 19.6. The Morgan fingerprint density at radius 3 is 2.62 bits per heavy atom. The zero-order chi connectivity index (χ0) is 23.5. The molecule has 1 amide bonds. The van der Waals surface area contributed by atoms with Crippen LogP contribution in [0.5, 0.6) is 17.2 Å². The van der Waals surface area contributed by atoms with E-state index in [4.69, 9.17) is 14.2 Å². The van der Waals surface area contributed by atoms with Crippen molar-refractivity contribution in [2.24, 2.45) is 0 Å². The number of amides is 1. The highest BCUT2D eigenvalue weighted by atomic mass is 16.6. The Balaban J connectivity index is 0.000000145. The largest absolute Gasteiger partial charge is 0.486 e. The first-order chi connectivity index (χ1) is 16.6. The topological polar surface area (TPSA) is 85.0 Å². The van der Waals surface area contributed by atoms with Gasteiger partial charge in [0.15, 0.2) is 18.1 Å². The fraction of sp³-hybridized carbons (Fsp3) is 0.385. The number of hydrogen-bond acceptors (Lipinski definition) is 7. The molecule has 0 bridgehead atoms. The monoisotopic (exact) mass is 462 g/mol. The van der Waals surface area contributed by atoms with Crippen LogP contribution in [0.25, 0.3) is 10.9 Å². The summed E-state index contributed by atoms with van der Waals surface area (Å²) in [6.07, 6.45) is 2.30. The van der Waals surface area contributed by atoms with E-state index in [1.165, 1.54) is 0 Å². The molecular weight excluding hydrogens is 432 g/mol. The normalized spacial score (nSPS) is 17.2. The van der Waals surface area contributed by atoms with E-state index in [0.29, 0.717) is 19.3 Å². The van der Waals surface area contributed by atoms with Gasteiger partial charge in [-0.15, -0.1) is 0 Å². The van der Waals surface area contributed by atoms with E-state index in [1.807, 2.05) is 50.4 Å². The summed E-state index contributed by atoms with van der Waals surface area (Å²) in [5.41, 5.74) is 3.90. The van der Waals surface area contributed by atoms with Gasteiger partial charge in [0.1, 0.15) is 19.0 Å². The molecule has 0 radical (unpaired) electrons. The van der Waals surface area contributed by atoms with Gasteiger partial charge in [0.25, 0.3) is 5.91 Å². The van der Waals surface area contributed by atoms with Crippen molar-refractivity contribution in [1.82, 2.24) is 10.3 Å². The van der Waals surface area contributed by atoms with E-state index >= 15 is 0 Å². The van der Waals surface area contributed by atoms with Gasteiger partial charge < -0.3 is 29.7 Å². The average Bonchev–Trinajstić information content (AvgIpc) is 2.88. The summed E-state index contributed by atoms with van der Waals surface area (Å²) >= 11 is 0. The predicted molar refractivity (Wildman–Crippen MR) is 132 cm³/mol. The number of rotatable bonds is 2. The van der Waals surface area contributed by atoms with E-state index in [9.17, 15) is 4.79 Å². The highest BCUT2D eigenvalue weighted by molar-refractivity contribution is 5.96. The summed E-state index contributed by atoms with van der Waals surface area (Å²) < 4.78 is 16.5. The molecule has 2 aromatic carbocycles. The fourth-order valence-electron chi connectivity index (χ4n) is 4.51. The Bertz CT molecular complexity index is 1190. The lowest BCUT2D eigenvalue weighted by molar-refractivity contribution is -0.118. The van der Waals surface area contributed by atoms with Gasteiger partial charge in [0.05, 0.1) is 11.2 Å². The summed E-state index contributed by atoms with van der Waals surface area (Å²) in [7, 11) is 2.02. The third kappa shape index (κ3) is 4.72. The van der Waals surface area contributed by atoms with Crippen LogP contribution < -0.4 is 29.7 Å². The van der Waals surface area contributed by atoms with E-state index in [0.717, 1.165) is 71.2 Å². The number of hydrogen-bond donors (Lipinski definition) is 2. The smallest absolute Gasteiger partial charge is 0.262 e. The van der Waals surface area contributed by atoms with Crippen LogP contribution in [0.3, 0.4) is 0 Å². The third-order valence-electron chi connectivity index (χ3n) is 6.38. The summed E-state index contributed by atoms with van der Waals surface area (Å²) in [5, 5.41) is 7.21. The second-order valence-electron chi connectivity index (χ2n) is 8.68. The molecule has 178 valence electrons. The van der Waals surface area contributed by atoms with Crippen molar-refractivity contribution in [3.8, 4) is 17.2 Å². The number of aryl methyl sites for hydroxylation is 1. The summed E-state index contributed by atoms with van der Waals surface area (Å²) in [5.74, 6) is 2.32. The van der Waals surface area contributed by atoms with Crippen molar-refractivity contribution in [1.29, 1.82) is 0 Å². The Morgan fingerprint density at radius 2 is 1.79 bits per heavy atom. The van der Waals surface area contributed by atoms with Crippen LogP contribution in [0.1, 0.15) is 18.5 Å². The third-order valence-corrected chi connectivity index (χ3v) is 6.38. The molecule has 3 aliphatic rings. The molecule has 0 aliphatic carbocycles. The van der Waals surface area contributed by atoms with Crippen molar-refractivity contribution in [2.75, 3.05) is 50.2 Å². The molecule has 0 unspecified atom stereocenters. The van der Waals surface area contributed by atoms with Gasteiger partial charge in [-0.3, -0.25) is 9.78 Å². The van der Waals surface area contributed by atoms with E-state index in [1.54, 1.807) is 0 Å². The van der Waals surface area contributed by atoms with Gasteiger partial charge in [-0.2, -0.15) is 0 Å². The number of carbonyl (C=O) groups excluding carboxylic acids is 1. The predicted octanol–water partition coefficient (Wildman–Crippen LogP) is 3.52. The first-order valence-corrected chi connectivity index (χ1v) is 11.8. The Labute approximate surface area is 199 Å². The van der Waals surface area contributed by atoms with Crippen LogP contribution in [0, 0.1) is 6.92 Å². The number of pyridine rings is 1. The Kier molecular flexibility index (Phi) is 6.40. The number of nitrogens with one attached hydrogen (secondary N) is 2. The maximum Gasteiger partial charge on any atom is 0.262 e. The molecule has 3 aromatic rings. The van der Waals surface area contributed by atoms with Crippen molar-refractivity contribution in [3.05, 3.63) is 48.2 Å². The van der Waals surface area contributed by atoms with Crippen molar-refractivity contribution in [2.45, 2.75) is 25.8 Å². The van der Waals surface area contributed by atoms with Gasteiger partial charge in [-0.05, 0) is 69.3 Å². The number of fused-ring (bicyclic) bond motifs is 4. The highest BCUT2D eigenvalue weighted by Crippen LogP contribution is 2.37. The quantitative estimate of drug-likeness (QED) is 0.603. The molecule has 4 heterocycles. The number of nitrogens with zero attached hydrogens (tertiary/aromatic N) is 2. The van der Waals surface area contributed by atoms with E-state index in [2.05, 4.69) is 26.6 Å². The minimum absolute atomic E-state index is 0.0847. The fourth-order valence-corrected chi connectivity index (χ4v) is 4.51. The summed E-state index contributed by atoms with van der Waals surface area (Å²) in [6.45, 7) is 5.41. The van der Waals surface area contributed by atoms with Gasteiger partial charge >= 0.3 is 0 Å². The van der Waals surface area contributed by atoms with Gasteiger partial charge in [-0.25, -0.2) is 0 Å². The van der Waals surface area contributed by atoms with Crippen LogP contribution in [-0.2, 0) is 4.79 Å². The summed E-state index contributed by atoms with van der Waals surface area (Å²) in [6, 6.07) is 14.5. The molecule has 8 heteroatoms. The number of piperidine rings is 1. The Morgan fingerprint density at radius 1 is 1.00 bits per heavy atom. The maximum atomic E-state index is 11.3. The highest BCUT2D eigenvalue weighted by Gasteiger charge is 2.21. The maximum absolute atomic E-state index is 11.3. The molecule has 0 spiro atoms. The number of carbonyl (C=O) groups is 1. The molecule has 2 N–H and O–H groups in total. The second kappa shape index (κ2) is 9.77. The number of ether oxygens (including phenoxy) is 3. The van der Waals surface area contributed by atoms with Gasteiger partial charge in [0.2, 0.25) is 0 Å². The summed E-state index contributed by atoms with van der Waals surface area (Å²) in [4.78, 5) is 18.1. The van der Waals surface area contributed by atoms with Crippen LogP contribution in [-0.4, -0.2) is 56.9 Å². The zero-order valence-corrected chi connectivity index (χ0v) is 19.6.